The summed E-state index contributed by atoms with van der Waals surface area (Å²) in [5.41, 5.74) is 0.868. The molecular formula is C13H17N3O2S. The zero-order valence-electron chi connectivity index (χ0n) is 10.6. The van der Waals surface area contributed by atoms with E-state index < -0.39 is 5.97 Å². The monoisotopic (exact) mass is 279 g/mol. The first-order valence-corrected chi connectivity index (χ1v) is 7.11. The van der Waals surface area contributed by atoms with Gasteiger partial charge in [0, 0.05) is 25.5 Å². The second-order valence-electron chi connectivity index (χ2n) is 4.26. The molecule has 0 saturated heterocycles. The minimum Gasteiger partial charge on any atom is -0.477 e. The van der Waals surface area contributed by atoms with Crippen LogP contribution in [0.1, 0.15) is 28.1 Å². The lowest BCUT2D eigenvalue weighted by molar-refractivity contribution is 0.0701. The van der Waals surface area contributed by atoms with E-state index in [1.165, 1.54) is 11.3 Å². The van der Waals surface area contributed by atoms with Crippen molar-refractivity contribution in [3.63, 3.8) is 0 Å². The topological polar surface area (TPSA) is 67.2 Å². The van der Waals surface area contributed by atoms with E-state index in [2.05, 4.69) is 14.9 Å². The number of hydrogen-bond acceptors (Lipinski definition) is 4. The van der Waals surface area contributed by atoms with Gasteiger partial charge in [-0.05, 0) is 36.4 Å². The van der Waals surface area contributed by atoms with Crippen molar-refractivity contribution in [1.82, 2.24) is 14.9 Å². The van der Waals surface area contributed by atoms with Crippen LogP contribution >= 0.6 is 11.3 Å². The molecule has 5 nitrogen and oxygen atoms in total. The quantitative estimate of drug-likeness (QED) is 0.727. The maximum atomic E-state index is 10.9. The van der Waals surface area contributed by atoms with Gasteiger partial charge in [-0.1, -0.05) is 0 Å². The highest BCUT2D eigenvalue weighted by atomic mass is 32.1. The van der Waals surface area contributed by atoms with Crippen LogP contribution in [0.3, 0.4) is 0 Å². The Kier molecular flexibility index (Phi) is 5.11. The number of nitrogens with zero attached hydrogens (tertiary/aromatic N) is 2. The Morgan fingerprint density at radius 2 is 2.37 bits per heavy atom. The van der Waals surface area contributed by atoms with E-state index in [1.807, 2.05) is 24.0 Å². The molecule has 0 amide bonds. The minimum absolute atomic E-state index is 0.436. The smallest absolute Gasteiger partial charge is 0.346 e. The van der Waals surface area contributed by atoms with Gasteiger partial charge in [0.25, 0.3) is 0 Å². The molecule has 0 fully saturated rings. The number of aromatic nitrogens is 2. The summed E-state index contributed by atoms with van der Waals surface area (Å²) in [7, 11) is 0. The Balaban J connectivity index is 1.61. The third-order valence-electron chi connectivity index (χ3n) is 2.84. The Bertz CT molecular complexity index is 508. The number of rotatable bonds is 8. The summed E-state index contributed by atoms with van der Waals surface area (Å²) in [6.07, 6.45) is 7.70. The molecular weight excluding hydrogens is 262 g/mol. The number of hydrogen-bond donors (Lipinski definition) is 2. The average Bonchev–Trinajstić information content (AvgIpc) is 3.04. The standard InChI is InChI=1S/C13H17N3O2S/c17-13(18)12-11(3-8-19-12)9-14-4-1-2-6-16-7-5-15-10-16/h3,5,7-8,10,14H,1-2,4,6,9H2,(H,17,18). The Morgan fingerprint density at radius 3 is 3.11 bits per heavy atom. The van der Waals surface area contributed by atoms with Crippen LogP contribution in [-0.4, -0.2) is 27.2 Å². The van der Waals surface area contributed by atoms with Gasteiger partial charge in [-0.15, -0.1) is 11.3 Å². The van der Waals surface area contributed by atoms with Gasteiger partial charge in [0.2, 0.25) is 0 Å². The number of unbranched alkanes of at least 4 members (excludes halogenated alkanes) is 1. The fourth-order valence-corrected chi connectivity index (χ4v) is 2.61. The number of aryl methyl sites for hydroxylation is 1. The van der Waals surface area contributed by atoms with E-state index in [1.54, 1.807) is 6.20 Å². The van der Waals surface area contributed by atoms with E-state index in [0.717, 1.165) is 31.5 Å². The molecule has 2 rings (SSSR count). The van der Waals surface area contributed by atoms with Crippen LogP contribution in [0.5, 0.6) is 0 Å². The van der Waals surface area contributed by atoms with Gasteiger partial charge in [0.05, 0.1) is 6.33 Å². The van der Waals surface area contributed by atoms with E-state index in [4.69, 9.17) is 5.11 Å². The van der Waals surface area contributed by atoms with E-state index in [-0.39, 0.29) is 0 Å². The molecule has 102 valence electrons. The number of aromatic carboxylic acids is 1. The molecule has 19 heavy (non-hydrogen) atoms. The molecule has 0 saturated carbocycles. The molecule has 2 N–H and O–H groups in total. The second-order valence-corrected chi connectivity index (χ2v) is 5.18. The summed E-state index contributed by atoms with van der Waals surface area (Å²) < 4.78 is 2.06. The van der Waals surface area contributed by atoms with Gasteiger partial charge in [-0.2, -0.15) is 0 Å². The molecule has 0 atom stereocenters. The van der Waals surface area contributed by atoms with Gasteiger partial charge in [0.1, 0.15) is 4.88 Å². The van der Waals surface area contributed by atoms with Gasteiger partial charge in [0.15, 0.2) is 0 Å². The van der Waals surface area contributed by atoms with Crippen LogP contribution in [0, 0.1) is 0 Å². The molecule has 0 aliphatic heterocycles. The summed E-state index contributed by atoms with van der Waals surface area (Å²) in [6.45, 7) is 2.49. The largest absolute Gasteiger partial charge is 0.477 e. The SMILES string of the molecule is O=C(O)c1sccc1CNCCCCn1ccnc1. The number of carbonyl (C=O) groups is 1. The maximum Gasteiger partial charge on any atom is 0.346 e. The molecule has 2 heterocycles. The van der Waals surface area contributed by atoms with Crippen molar-refractivity contribution in [3.05, 3.63) is 40.6 Å². The number of imidazole rings is 1. The predicted octanol–water partition coefficient (Wildman–Crippen LogP) is 2.21. The van der Waals surface area contributed by atoms with Gasteiger partial charge in [-0.25, -0.2) is 9.78 Å². The van der Waals surface area contributed by atoms with Gasteiger partial charge < -0.3 is 15.0 Å². The van der Waals surface area contributed by atoms with Gasteiger partial charge in [-0.3, -0.25) is 0 Å². The molecule has 6 heteroatoms. The van der Waals surface area contributed by atoms with Crippen LogP contribution in [-0.2, 0) is 13.1 Å². The molecule has 0 bridgehead atoms. The predicted molar refractivity (Wildman–Crippen MR) is 74.4 cm³/mol. The lowest BCUT2D eigenvalue weighted by Gasteiger charge is -2.05. The molecule has 0 unspecified atom stereocenters. The molecule has 0 aliphatic rings. The first-order valence-electron chi connectivity index (χ1n) is 6.23. The third-order valence-corrected chi connectivity index (χ3v) is 3.78. The molecule has 0 aromatic carbocycles. The fraction of sp³-hybridized carbons (Fsp3) is 0.385. The molecule has 2 aromatic rings. The average molecular weight is 279 g/mol. The molecule has 0 aliphatic carbocycles. The fourth-order valence-electron chi connectivity index (χ4n) is 1.85. The van der Waals surface area contributed by atoms with Crippen molar-refractivity contribution < 1.29 is 9.90 Å². The number of thiophene rings is 1. The number of nitrogens with one attached hydrogen (secondary N) is 1. The maximum absolute atomic E-state index is 10.9. The van der Waals surface area contributed by atoms with Crippen molar-refractivity contribution in [1.29, 1.82) is 0 Å². The highest BCUT2D eigenvalue weighted by Crippen LogP contribution is 2.16. The molecule has 2 aromatic heterocycles. The van der Waals surface area contributed by atoms with Crippen LogP contribution in [0.2, 0.25) is 0 Å². The van der Waals surface area contributed by atoms with Crippen molar-refractivity contribution in [2.75, 3.05) is 6.54 Å². The minimum atomic E-state index is -0.841. The third kappa shape index (κ3) is 4.18. The Hall–Kier alpha value is -1.66. The zero-order chi connectivity index (χ0) is 13.5. The lowest BCUT2D eigenvalue weighted by Crippen LogP contribution is -2.16. The summed E-state index contributed by atoms with van der Waals surface area (Å²) in [6, 6.07) is 1.87. The van der Waals surface area contributed by atoms with E-state index in [0.29, 0.717) is 11.4 Å². The van der Waals surface area contributed by atoms with Gasteiger partial charge >= 0.3 is 5.97 Å². The summed E-state index contributed by atoms with van der Waals surface area (Å²) in [4.78, 5) is 15.3. The summed E-state index contributed by atoms with van der Waals surface area (Å²) in [5.74, 6) is -0.841. The van der Waals surface area contributed by atoms with Crippen LogP contribution in [0.4, 0.5) is 0 Å². The first-order chi connectivity index (χ1) is 9.27. The van der Waals surface area contributed by atoms with Crippen molar-refractivity contribution in [3.8, 4) is 0 Å². The highest BCUT2D eigenvalue weighted by Gasteiger charge is 2.10. The zero-order valence-corrected chi connectivity index (χ0v) is 11.4. The van der Waals surface area contributed by atoms with E-state index >= 15 is 0 Å². The Labute approximate surface area is 115 Å². The van der Waals surface area contributed by atoms with E-state index in [9.17, 15) is 4.79 Å². The molecule has 0 radical (unpaired) electrons. The lowest BCUT2D eigenvalue weighted by atomic mass is 10.2. The normalized spacial score (nSPS) is 10.7. The van der Waals surface area contributed by atoms with Crippen LogP contribution in [0.15, 0.2) is 30.2 Å². The summed E-state index contributed by atoms with van der Waals surface area (Å²) in [5, 5.41) is 14.1. The van der Waals surface area contributed by atoms with Crippen molar-refractivity contribution >= 4 is 17.3 Å². The van der Waals surface area contributed by atoms with Crippen LogP contribution in [0.25, 0.3) is 0 Å². The second kappa shape index (κ2) is 7.06. The molecule has 0 spiro atoms. The van der Waals surface area contributed by atoms with Crippen molar-refractivity contribution in [2.45, 2.75) is 25.9 Å². The highest BCUT2D eigenvalue weighted by molar-refractivity contribution is 7.12. The van der Waals surface area contributed by atoms with Crippen LogP contribution < -0.4 is 5.32 Å². The number of carboxylic acids is 1. The first kappa shape index (κ1) is 13.8. The van der Waals surface area contributed by atoms with Crippen molar-refractivity contribution in [2.24, 2.45) is 0 Å². The number of carboxylic acid groups (broad SMARTS) is 1. The summed E-state index contributed by atoms with van der Waals surface area (Å²) >= 11 is 1.27. The Morgan fingerprint density at radius 1 is 1.47 bits per heavy atom.